The highest BCUT2D eigenvalue weighted by Gasteiger charge is 2.34. The normalized spacial score (nSPS) is 29.2. The smallest absolute Gasteiger partial charge is 0.320 e. The van der Waals surface area contributed by atoms with Crippen molar-refractivity contribution in [2.24, 2.45) is 17.3 Å². The van der Waals surface area contributed by atoms with Gasteiger partial charge in [0, 0.05) is 6.04 Å². The zero-order valence-corrected chi connectivity index (χ0v) is 12.5. The highest BCUT2D eigenvalue weighted by atomic mass is 16.4. The van der Waals surface area contributed by atoms with Gasteiger partial charge in [0.2, 0.25) is 0 Å². The SMILES string of the molecule is CC(C)CC(NC1CC(C)CC(C)(C)C1)C(=O)O. The highest BCUT2D eigenvalue weighted by Crippen LogP contribution is 2.38. The van der Waals surface area contributed by atoms with Crippen LogP contribution in [0.1, 0.15) is 60.3 Å². The summed E-state index contributed by atoms with van der Waals surface area (Å²) in [5.41, 5.74) is 0.330. The van der Waals surface area contributed by atoms with Gasteiger partial charge < -0.3 is 10.4 Å². The van der Waals surface area contributed by atoms with E-state index in [2.05, 4.69) is 39.9 Å². The van der Waals surface area contributed by atoms with E-state index in [9.17, 15) is 9.90 Å². The van der Waals surface area contributed by atoms with Gasteiger partial charge in [-0.1, -0.05) is 34.6 Å². The highest BCUT2D eigenvalue weighted by molar-refractivity contribution is 5.73. The number of rotatable bonds is 5. The predicted molar refractivity (Wildman–Crippen MR) is 74.6 cm³/mol. The lowest BCUT2D eigenvalue weighted by Gasteiger charge is -2.40. The van der Waals surface area contributed by atoms with Crippen molar-refractivity contribution in [3.05, 3.63) is 0 Å². The standard InChI is InChI=1S/C15H29NO2/c1-10(2)6-13(14(17)18)16-12-7-11(3)8-15(4,5)9-12/h10-13,16H,6-9H2,1-5H3,(H,17,18). The molecule has 0 heterocycles. The summed E-state index contributed by atoms with van der Waals surface area (Å²) in [5.74, 6) is 0.382. The first kappa shape index (κ1) is 15.5. The molecule has 1 saturated carbocycles. The molecule has 3 nitrogen and oxygen atoms in total. The molecule has 1 aliphatic rings. The number of nitrogens with one attached hydrogen (secondary N) is 1. The quantitative estimate of drug-likeness (QED) is 0.792. The minimum atomic E-state index is -0.709. The number of carboxylic acid groups (broad SMARTS) is 1. The number of carboxylic acids is 1. The maximum absolute atomic E-state index is 11.3. The fourth-order valence-electron chi connectivity index (χ4n) is 3.47. The summed E-state index contributed by atoms with van der Waals surface area (Å²) in [6.07, 6.45) is 4.14. The molecule has 1 fully saturated rings. The van der Waals surface area contributed by atoms with Crippen LogP contribution in [0.4, 0.5) is 0 Å². The van der Waals surface area contributed by atoms with E-state index in [1.807, 2.05) is 0 Å². The summed E-state index contributed by atoms with van der Waals surface area (Å²) in [6, 6.07) is -0.0419. The van der Waals surface area contributed by atoms with Crippen molar-refractivity contribution in [3.63, 3.8) is 0 Å². The number of hydrogen-bond donors (Lipinski definition) is 2. The minimum Gasteiger partial charge on any atom is -0.480 e. The summed E-state index contributed by atoms with van der Waals surface area (Å²) in [5, 5.41) is 12.7. The fourth-order valence-corrected chi connectivity index (χ4v) is 3.47. The number of aliphatic carboxylic acids is 1. The van der Waals surface area contributed by atoms with Gasteiger partial charge in [-0.2, -0.15) is 0 Å². The van der Waals surface area contributed by atoms with Crippen LogP contribution in [0.3, 0.4) is 0 Å². The lowest BCUT2D eigenvalue weighted by molar-refractivity contribution is -0.140. The molecule has 0 aromatic heterocycles. The summed E-state index contributed by atoms with van der Waals surface area (Å²) in [6.45, 7) is 11.0. The van der Waals surface area contributed by atoms with E-state index in [1.165, 1.54) is 6.42 Å². The molecule has 0 radical (unpaired) electrons. The molecular formula is C15H29NO2. The Balaban J connectivity index is 2.60. The largest absolute Gasteiger partial charge is 0.480 e. The van der Waals surface area contributed by atoms with Gasteiger partial charge in [0.25, 0.3) is 0 Å². The molecule has 3 heteroatoms. The molecular weight excluding hydrogens is 226 g/mol. The van der Waals surface area contributed by atoms with Gasteiger partial charge in [-0.15, -0.1) is 0 Å². The molecule has 0 aliphatic heterocycles. The third kappa shape index (κ3) is 4.97. The average Bonchev–Trinajstić information content (AvgIpc) is 2.11. The molecule has 18 heavy (non-hydrogen) atoms. The molecule has 0 aromatic rings. The Kier molecular flexibility index (Phi) is 5.20. The topological polar surface area (TPSA) is 49.3 Å². The molecule has 0 bridgehead atoms. The van der Waals surface area contributed by atoms with Gasteiger partial charge >= 0.3 is 5.97 Å². The molecule has 0 aromatic carbocycles. The van der Waals surface area contributed by atoms with Gasteiger partial charge in [0.1, 0.15) is 6.04 Å². The van der Waals surface area contributed by atoms with E-state index in [1.54, 1.807) is 0 Å². The van der Waals surface area contributed by atoms with E-state index in [0.29, 0.717) is 29.7 Å². The first-order valence-electron chi connectivity index (χ1n) is 7.18. The van der Waals surface area contributed by atoms with E-state index in [-0.39, 0.29) is 0 Å². The van der Waals surface area contributed by atoms with Crippen LogP contribution < -0.4 is 5.32 Å². The van der Waals surface area contributed by atoms with Crippen LogP contribution in [0.2, 0.25) is 0 Å². The Hall–Kier alpha value is -0.570. The number of carbonyl (C=O) groups is 1. The second kappa shape index (κ2) is 6.05. The van der Waals surface area contributed by atoms with Gasteiger partial charge in [-0.25, -0.2) is 0 Å². The Morgan fingerprint density at radius 1 is 1.39 bits per heavy atom. The molecule has 3 unspecified atom stereocenters. The fraction of sp³-hybridized carbons (Fsp3) is 0.933. The zero-order valence-electron chi connectivity index (χ0n) is 12.5. The number of hydrogen-bond acceptors (Lipinski definition) is 2. The van der Waals surface area contributed by atoms with Crippen molar-refractivity contribution in [1.82, 2.24) is 5.32 Å². The van der Waals surface area contributed by atoms with Crippen molar-refractivity contribution < 1.29 is 9.90 Å². The van der Waals surface area contributed by atoms with Crippen molar-refractivity contribution in [1.29, 1.82) is 0 Å². The van der Waals surface area contributed by atoms with Gasteiger partial charge in [-0.3, -0.25) is 4.79 Å². The summed E-state index contributed by atoms with van der Waals surface area (Å²) in [4.78, 5) is 11.3. The molecule has 106 valence electrons. The van der Waals surface area contributed by atoms with Gasteiger partial charge in [0.05, 0.1) is 0 Å². The zero-order chi connectivity index (χ0) is 13.9. The van der Waals surface area contributed by atoms with Gasteiger partial charge in [-0.05, 0) is 42.9 Å². The van der Waals surface area contributed by atoms with Crippen LogP contribution in [0.25, 0.3) is 0 Å². The van der Waals surface area contributed by atoms with Crippen LogP contribution in [0, 0.1) is 17.3 Å². The van der Waals surface area contributed by atoms with Crippen LogP contribution >= 0.6 is 0 Å². The minimum absolute atomic E-state index is 0.330. The maximum atomic E-state index is 11.3. The first-order chi connectivity index (χ1) is 8.19. The lowest BCUT2D eigenvalue weighted by Crippen LogP contribution is -2.48. The van der Waals surface area contributed by atoms with Crippen molar-refractivity contribution in [3.8, 4) is 0 Å². The van der Waals surface area contributed by atoms with Crippen LogP contribution in [0.5, 0.6) is 0 Å². The third-order valence-corrected chi connectivity index (χ3v) is 3.83. The monoisotopic (exact) mass is 255 g/mol. The van der Waals surface area contributed by atoms with E-state index in [4.69, 9.17) is 0 Å². The molecule has 1 rings (SSSR count). The second-order valence-corrected chi connectivity index (χ2v) is 7.30. The van der Waals surface area contributed by atoms with Crippen LogP contribution in [-0.4, -0.2) is 23.2 Å². The molecule has 1 aliphatic carbocycles. The third-order valence-electron chi connectivity index (χ3n) is 3.83. The van der Waals surface area contributed by atoms with Crippen molar-refractivity contribution in [2.75, 3.05) is 0 Å². The second-order valence-electron chi connectivity index (χ2n) is 7.30. The Morgan fingerprint density at radius 2 is 2.00 bits per heavy atom. The van der Waals surface area contributed by atoms with E-state index >= 15 is 0 Å². The van der Waals surface area contributed by atoms with E-state index < -0.39 is 12.0 Å². The summed E-state index contributed by atoms with van der Waals surface area (Å²) < 4.78 is 0. The van der Waals surface area contributed by atoms with Crippen LogP contribution in [0.15, 0.2) is 0 Å². The maximum Gasteiger partial charge on any atom is 0.320 e. The summed E-state index contributed by atoms with van der Waals surface area (Å²) >= 11 is 0. The van der Waals surface area contributed by atoms with Gasteiger partial charge in [0.15, 0.2) is 0 Å². The molecule has 3 atom stereocenters. The van der Waals surface area contributed by atoms with Crippen LogP contribution in [-0.2, 0) is 4.79 Å². The lowest BCUT2D eigenvalue weighted by atomic mass is 9.70. The molecule has 0 amide bonds. The molecule has 0 saturated heterocycles. The molecule has 2 N–H and O–H groups in total. The Bertz CT molecular complexity index is 286. The first-order valence-corrected chi connectivity index (χ1v) is 7.18. The van der Waals surface area contributed by atoms with Crippen molar-refractivity contribution >= 4 is 5.97 Å². The van der Waals surface area contributed by atoms with E-state index in [0.717, 1.165) is 12.8 Å². The predicted octanol–water partition coefficient (Wildman–Crippen LogP) is 3.29. The Labute approximate surface area is 111 Å². The average molecular weight is 255 g/mol. The Morgan fingerprint density at radius 3 is 2.44 bits per heavy atom. The van der Waals surface area contributed by atoms with Crippen molar-refractivity contribution in [2.45, 2.75) is 72.4 Å². The molecule has 0 spiro atoms. The summed E-state index contributed by atoms with van der Waals surface area (Å²) in [7, 11) is 0.